The molecule has 9 heavy (non-hydrogen) atoms. The molecule has 0 nitrogen and oxygen atoms in total. The fourth-order valence-corrected chi connectivity index (χ4v) is 1.05. The van der Waals surface area contributed by atoms with Crippen molar-refractivity contribution in [3.05, 3.63) is 6.92 Å². The van der Waals surface area contributed by atoms with Crippen LogP contribution in [0.3, 0.4) is 0 Å². The second-order valence-corrected chi connectivity index (χ2v) is 3.13. The Morgan fingerprint density at radius 2 is 2.11 bits per heavy atom. The molecule has 0 saturated heterocycles. The Bertz CT molecular complexity index is 61.6. The molecule has 1 radical (unpaired) electrons. The third-order valence-electron chi connectivity index (χ3n) is 1.64. The molecule has 0 rings (SSSR count). The van der Waals surface area contributed by atoms with Crippen LogP contribution in [0.15, 0.2) is 0 Å². The number of rotatable bonds is 4. The Hall–Kier alpha value is 0.290. The highest BCUT2D eigenvalue weighted by Crippen LogP contribution is 2.17. The molecule has 0 aromatic carbocycles. The molecule has 0 spiro atoms. The van der Waals surface area contributed by atoms with Gasteiger partial charge in [-0.1, -0.05) is 27.2 Å². The van der Waals surface area contributed by atoms with Crippen molar-refractivity contribution < 1.29 is 0 Å². The van der Waals surface area contributed by atoms with Crippen LogP contribution in [0.5, 0.6) is 0 Å². The van der Waals surface area contributed by atoms with Gasteiger partial charge in [0, 0.05) is 5.38 Å². The first-order valence-corrected chi connectivity index (χ1v) is 4.09. The quantitative estimate of drug-likeness (QED) is 0.536. The fraction of sp³-hybridized carbons (Fsp3) is 0.875. The van der Waals surface area contributed by atoms with Gasteiger partial charge in [0.2, 0.25) is 0 Å². The maximum atomic E-state index is 5.93. The van der Waals surface area contributed by atoms with Crippen molar-refractivity contribution in [1.82, 2.24) is 0 Å². The third kappa shape index (κ3) is 3.80. The van der Waals surface area contributed by atoms with Crippen molar-refractivity contribution in [2.24, 2.45) is 5.92 Å². The molecule has 0 saturated carbocycles. The van der Waals surface area contributed by atoms with Crippen LogP contribution in [0, 0.1) is 12.8 Å². The summed E-state index contributed by atoms with van der Waals surface area (Å²) in [6, 6.07) is 0. The van der Waals surface area contributed by atoms with Gasteiger partial charge in [-0.2, -0.15) is 0 Å². The Morgan fingerprint density at radius 1 is 1.56 bits per heavy atom. The van der Waals surface area contributed by atoms with Crippen LogP contribution in [-0.2, 0) is 0 Å². The van der Waals surface area contributed by atoms with Crippen molar-refractivity contribution in [2.45, 2.75) is 38.5 Å². The highest BCUT2D eigenvalue weighted by Gasteiger charge is 2.09. The van der Waals surface area contributed by atoms with E-state index in [9.17, 15) is 0 Å². The average molecular weight is 148 g/mol. The molecular formula is C8H16Cl. The van der Waals surface area contributed by atoms with Gasteiger partial charge in [-0.25, -0.2) is 0 Å². The van der Waals surface area contributed by atoms with Crippen molar-refractivity contribution >= 4 is 11.6 Å². The molecule has 0 heterocycles. The summed E-state index contributed by atoms with van der Waals surface area (Å²) in [4.78, 5) is 0. The Balaban J connectivity index is 3.32. The molecule has 0 N–H and O–H groups in total. The molecular weight excluding hydrogens is 132 g/mol. The summed E-state index contributed by atoms with van der Waals surface area (Å²) in [5, 5.41) is 0.282. The van der Waals surface area contributed by atoms with Crippen LogP contribution in [0.2, 0.25) is 0 Å². The van der Waals surface area contributed by atoms with Crippen LogP contribution < -0.4 is 0 Å². The highest BCUT2D eigenvalue weighted by molar-refractivity contribution is 6.20. The normalized spacial score (nSPS) is 17.3. The van der Waals surface area contributed by atoms with E-state index in [0.717, 1.165) is 6.42 Å². The lowest BCUT2D eigenvalue weighted by molar-refractivity contribution is 0.497. The van der Waals surface area contributed by atoms with Gasteiger partial charge in [-0.15, -0.1) is 11.6 Å². The van der Waals surface area contributed by atoms with Crippen LogP contribution >= 0.6 is 11.6 Å². The highest BCUT2D eigenvalue weighted by atomic mass is 35.5. The molecule has 1 heteroatoms. The monoisotopic (exact) mass is 147 g/mol. The van der Waals surface area contributed by atoms with Crippen LogP contribution in [0.4, 0.5) is 0 Å². The molecule has 0 fully saturated rings. The van der Waals surface area contributed by atoms with E-state index in [1.54, 1.807) is 0 Å². The lowest BCUT2D eigenvalue weighted by Gasteiger charge is -2.14. The Labute approximate surface area is 63.6 Å². The van der Waals surface area contributed by atoms with Gasteiger partial charge in [-0.3, -0.25) is 0 Å². The summed E-state index contributed by atoms with van der Waals surface area (Å²) in [5.74, 6) is 0.633. The molecule has 55 valence electrons. The summed E-state index contributed by atoms with van der Waals surface area (Å²) in [5.41, 5.74) is 0. The molecule has 2 atom stereocenters. The number of halogens is 1. The van der Waals surface area contributed by atoms with Gasteiger partial charge in [0.15, 0.2) is 0 Å². The van der Waals surface area contributed by atoms with E-state index in [2.05, 4.69) is 20.8 Å². The van der Waals surface area contributed by atoms with Crippen LogP contribution in [-0.4, -0.2) is 5.38 Å². The lowest BCUT2D eigenvalue weighted by Crippen LogP contribution is -2.09. The van der Waals surface area contributed by atoms with Gasteiger partial charge in [0.05, 0.1) is 0 Å². The van der Waals surface area contributed by atoms with Gasteiger partial charge in [0.1, 0.15) is 0 Å². The smallest absolute Gasteiger partial charge is 0.0361 e. The topological polar surface area (TPSA) is 0 Å². The minimum atomic E-state index is 0.282. The standard InChI is InChI=1S/C8H16Cl/c1-4-6-7(3)8(9)5-2/h7-8H,2,4-6H2,1,3H3. The van der Waals surface area contributed by atoms with Crippen LogP contribution in [0.1, 0.15) is 33.1 Å². The SMILES string of the molecule is [CH2]CC(Cl)C(C)CCC. The number of hydrogen-bond acceptors (Lipinski definition) is 0. The van der Waals surface area contributed by atoms with Gasteiger partial charge < -0.3 is 0 Å². The van der Waals surface area contributed by atoms with E-state index < -0.39 is 0 Å². The second kappa shape index (κ2) is 5.10. The Morgan fingerprint density at radius 3 is 2.44 bits per heavy atom. The summed E-state index contributed by atoms with van der Waals surface area (Å²) in [7, 11) is 0. The van der Waals surface area contributed by atoms with Crippen molar-refractivity contribution in [3.63, 3.8) is 0 Å². The summed E-state index contributed by atoms with van der Waals surface area (Å²) < 4.78 is 0. The molecule has 0 aliphatic heterocycles. The maximum absolute atomic E-state index is 5.93. The largest absolute Gasteiger partial charge is 0.123 e. The van der Waals surface area contributed by atoms with E-state index >= 15 is 0 Å². The fourth-order valence-electron chi connectivity index (χ4n) is 0.921. The van der Waals surface area contributed by atoms with E-state index in [1.807, 2.05) is 0 Å². The van der Waals surface area contributed by atoms with Gasteiger partial charge in [0.25, 0.3) is 0 Å². The van der Waals surface area contributed by atoms with E-state index in [0.29, 0.717) is 5.92 Å². The summed E-state index contributed by atoms with van der Waals surface area (Å²) in [6.07, 6.45) is 3.30. The second-order valence-electron chi connectivity index (χ2n) is 2.57. The maximum Gasteiger partial charge on any atom is 0.0361 e. The molecule has 0 aromatic heterocycles. The van der Waals surface area contributed by atoms with E-state index in [4.69, 9.17) is 11.6 Å². The minimum Gasteiger partial charge on any atom is -0.123 e. The summed E-state index contributed by atoms with van der Waals surface area (Å²) >= 11 is 5.93. The third-order valence-corrected chi connectivity index (χ3v) is 2.29. The predicted molar refractivity (Wildman–Crippen MR) is 43.7 cm³/mol. The number of alkyl halides is 1. The number of hydrogen-bond donors (Lipinski definition) is 0. The van der Waals surface area contributed by atoms with Crippen LogP contribution in [0.25, 0.3) is 0 Å². The Kier molecular flexibility index (Phi) is 5.27. The molecule has 2 unspecified atom stereocenters. The first-order valence-electron chi connectivity index (χ1n) is 3.65. The van der Waals surface area contributed by atoms with Gasteiger partial charge in [-0.05, 0) is 18.8 Å². The van der Waals surface area contributed by atoms with E-state index in [1.165, 1.54) is 12.8 Å². The molecule has 0 aromatic rings. The summed E-state index contributed by atoms with van der Waals surface area (Å²) in [6.45, 7) is 8.13. The zero-order valence-electron chi connectivity index (χ0n) is 6.36. The first kappa shape index (κ1) is 9.29. The van der Waals surface area contributed by atoms with Crippen molar-refractivity contribution in [2.75, 3.05) is 0 Å². The molecule has 0 bridgehead atoms. The minimum absolute atomic E-state index is 0.282. The first-order chi connectivity index (χ1) is 4.22. The molecule has 0 aliphatic carbocycles. The predicted octanol–water partition coefficient (Wildman–Crippen LogP) is 3.25. The zero-order valence-corrected chi connectivity index (χ0v) is 7.12. The average Bonchev–Trinajstić information content (AvgIpc) is 1.87. The van der Waals surface area contributed by atoms with Crippen molar-refractivity contribution in [3.8, 4) is 0 Å². The molecule has 0 aliphatic rings. The van der Waals surface area contributed by atoms with Crippen molar-refractivity contribution in [1.29, 1.82) is 0 Å². The molecule has 0 amide bonds. The van der Waals surface area contributed by atoms with E-state index in [-0.39, 0.29) is 5.38 Å². The zero-order chi connectivity index (χ0) is 7.28. The van der Waals surface area contributed by atoms with Gasteiger partial charge >= 0.3 is 0 Å². The lowest BCUT2D eigenvalue weighted by atomic mass is 10.0.